The summed E-state index contributed by atoms with van der Waals surface area (Å²) in [5.74, 6) is -0.0653. The third-order valence-electron chi connectivity index (χ3n) is 2.65. The highest BCUT2D eigenvalue weighted by molar-refractivity contribution is 5.97. The zero-order chi connectivity index (χ0) is 13.4. The maximum Gasteiger partial charge on any atom is 0.220 e. The van der Waals surface area contributed by atoms with Crippen LogP contribution >= 0.6 is 12.4 Å². The second-order valence-corrected chi connectivity index (χ2v) is 4.24. The third kappa shape index (κ3) is 6.94. The van der Waals surface area contributed by atoms with Crippen LogP contribution in [0.1, 0.15) is 28.8 Å². The lowest BCUT2D eigenvalue weighted by molar-refractivity contribution is -0.121. The number of Topliss-reactive ketones (excluding diaryl/α,β-unsaturated/α-hetero) is 1. The number of ketones is 1. The molecule has 0 fully saturated rings. The van der Waals surface area contributed by atoms with E-state index in [1.807, 2.05) is 26.1 Å². The molecule has 0 aliphatic heterocycles. The molecule has 0 unspecified atom stereocenters. The van der Waals surface area contributed by atoms with E-state index < -0.39 is 0 Å². The summed E-state index contributed by atoms with van der Waals surface area (Å²) < 4.78 is 0. The minimum absolute atomic E-state index is 0. The van der Waals surface area contributed by atoms with Gasteiger partial charge in [0.05, 0.1) is 0 Å². The van der Waals surface area contributed by atoms with Gasteiger partial charge < -0.3 is 10.6 Å². The van der Waals surface area contributed by atoms with Gasteiger partial charge in [-0.15, -0.1) is 12.4 Å². The molecule has 1 aromatic carbocycles. The van der Waals surface area contributed by atoms with Gasteiger partial charge in [-0.2, -0.15) is 0 Å². The van der Waals surface area contributed by atoms with E-state index in [1.54, 1.807) is 12.1 Å². The van der Waals surface area contributed by atoms with Crippen LogP contribution in [-0.4, -0.2) is 31.8 Å². The van der Waals surface area contributed by atoms with Crippen LogP contribution in [0.25, 0.3) is 0 Å². The van der Waals surface area contributed by atoms with Crippen molar-refractivity contribution in [3.8, 4) is 0 Å². The van der Waals surface area contributed by atoms with Gasteiger partial charge >= 0.3 is 0 Å². The maximum atomic E-state index is 11.8. The molecule has 0 aliphatic carbocycles. The average Bonchev–Trinajstić information content (AvgIpc) is 2.37. The monoisotopic (exact) mass is 284 g/mol. The van der Waals surface area contributed by atoms with E-state index >= 15 is 0 Å². The predicted octanol–water partition coefficient (Wildman–Crippen LogP) is 1.72. The van der Waals surface area contributed by atoms with Crippen LogP contribution in [-0.2, 0) is 4.79 Å². The Morgan fingerprint density at radius 2 is 1.68 bits per heavy atom. The molecule has 106 valence electrons. The van der Waals surface area contributed by atoms with E-state index in [0.717, 1.165) is 12.1 Å². The average molecular weight is 285 g/mol. The van der Waals surface area contributed by atoms with Crippen LogP contribution < -0.4 is 10.6 Å². The molecule has 0 saturated carbocycles. The van der Waals surface area contributed by atoms with E-state index in [-0.39, 0.29) is 36.9 Å². The van der Waals surface area contributed by atoms with Crippen molar-refractivity contribution in [2.75, 3.05) is 20.1 Å². The Morgan fingerprint density at radius 1 is 1.05 bits per heavy atom. The molecule has 0 saturated heterocycles. The Kier molecular flexibility index (Phi) is 8.83. The summed E-state index contributed by atoms with van der Waals surface area (Å²) >= 11 is 0. The van der Waals surface area contributed by atoms with Crippen molar-refractivity contribution < 1.29 is 9.59 Å². The van der Waals surface area contributed by atoms with Gasteiger partial charge in [-0.05, 0) is 14.0 Å². The Bertz CT molecular complexity index is 404. The Labute approximate surface area is 120 Å². The molecule has 1 rings (SSSR count). The smallest absolute Gasteiger partial charge is 0.220 e. The van der Waals surface area contributed by atoms with Crippen molar-refractivity contribution in [3.63, 3.8) is 0 Å². The zero-order valence-electron chi connectivity index (χ0n) is 11.4. The van der Waals surface area contributed by atoms with Crippen molar-refractivity contribution in [3.05, 3.63) is 35.4 Å². The summed E-state index contributed by atoms with van der Waals surface area (Å²) in [7, 11) is 1.83. The van der Waals surface area contributed by atoms with E-state index in [0.29, 0.717) is 12.1 Å². The summed E-state index contributed by atoms with van der Waals surface area (Å²) in [5, 5.41) is 5.68. The van der Waals surface area contributed by atoms with Crippen LogP contribution in [0, 0.1) is 6.92 Å². The topological polar surface area (TPSA) is 58.2 Å². The van der Waals surface area contributed by atoms with Crippen molar-refractivity contribution in [2.24, 2.45) is 0 Å². The zero-order valence-corrected chi connectivity index (χ0v) is 12.2. The summed E-state index contributed by atoms with van der Waals surface area (Å²) in [6.07, 6.45) is 0.505. The summed E-state index contributed by atoms with van der Waals surface area (Å²) in [5.41, 5.74) is 1.79. The number of hydrogen-bond acceptors (Lipinski definition) is 3. The normalized spacial score (nSPS) is 9.58. The second-order valence-electron chi connectivity index (χ2n) is 4.24. The molecule has 5 heteroatoms. The van der Waals surface area contributed by atoms with Gasteiger partial charge in [0.1, 0.15) is 0 Å². The number of rotatable bonds is 7. The van der Waals surface area contributed by atoms with E-state index in [1.165, 1.54) is 0 Å². The number of carbonyl (C=O) groups is 2. The minimum Gasteiger partial charge on any atom is -0.355 e. The molecule has 0 atom stereocenters. The highest BCUT2D eigenvalue weighted by Gasteiger charge is 2.08. The third-order valence-corrected chi connectivity index (χ3v) is 2.65. The number of hydrogen-bond donors (Lipinski definition) is 2. The van der Waals surface area contributed by atoms with Crippen LogP contribution in [0.5, 0.6) is 0 Å². The van der Waals surface area contributed by atoms with Crippen LogP contribution in [0.2, 0.25) is 0 Å². The number of benzene rings is 1. The molecule has 4 nitrogen and oxygen atoms in total. The van der Waals surface area contributed by atoms with Crippen molar-refractivity contribution in [1.29, 1.82) is 0 Å². The lowest BCUT2D eigenvalue weighted by atomic mass is 10.1. The van der Waals surface area contributed by atoms with Crippen LogP contribution in [0.4, 0.5) is 0 Å². The predicted molar refractivity (Wildman–Crippen MR) is 78.9 cm³/mol. The SMILES string of the molecule is CNCCNC(=O)CCC(=O)c1ccc(C)cc1.Cl. The molecular weight excluding hydrogens is 264 g/mol. The standard InChI is InChI=1S/C14H20N2O2.ClH/c1-11-3-5-12(6-4-11)13(17)7-8-14(18)16-10-9-15-2;/h3-6,15H,7-10H2,1-2H3,(H,16,18);1H. The number of halogens is 1. The Hall–Kier alpha value is -1.39. The fourth-order valence-electron chi connectivity index (χ4n) is 1.53. The van der Waals surface area contributed by atoms with Crippen LogP contribution in [0.3, 0.4) is 0 Å². The Morgan fingerprint density at radius 3 is 2.26 bits per heavy atom. The molecule has 0 aromatic heterocycles. The highest BCUT2D eigenvalue weighted by atomic mass is 35.5. The summed E-state index contributed by atoms with van der Waals surface area (Å²) in [6, 6.07) is 7.41. The quantitative estimate of drug-likeness (QED) is 0.592. The van der Waals surface area contributed by atoms with Gasteiger partial charge in [0.2, 0.25) is 5.91 Å². The number of carbonyl (C=O) groups excluding carboxylic acids is 2. The fourth-order valence-corrected chi connectivity index (χ4v) is 1.53. The van der Waals surface area contributed by atoms with Gasteiger partial charge in [-0.25, -0.2) is 0 Å². The first-order valence-corrected chi connectivity index (χ1v) is 6.14. The first-order chi connectivity index (χ1) is 8.63. The van der Waals surface area contributed by atoms with Gasteiger partial charge in [0.25, 0.3) is 0 Å². The summed E-state index contributed by atoms with van der Waals surface area (Å²) in [6.45, 7) is 3.30. The van der Waals surface area contributed by atoms with E-state index in [2.05, 4.69) is 10.6 Å². The number of nitrogens with one attached hydrogen (secondary N) is 2. The maximum absolute atomic E-state index is 11.8. The van der Waals surface area contributed by atoms with Crippen molar-refractivity contribution in [2.45, 2.75) is 19.8 Å². The van der Waals surface area contributed by atoms with Gasteiger partial charge in [-0.1, -0.05) is 29.8 Å². The Balaban J connectivity index is 0.00000324. The lowest BCUT2D eigenvalue weighted by Gasteiger charge is -2.04. The first-order valence-electron chi connectivity index (χ1n) is 6.14. The van der Waals surface area contributed by atoms with E-state index in [9.17, 15) is 9.59 Å². The largest absolute Gasteiger partial charge is 0.355 e. The molecule has 19 heavy (non-hydrogen) atoms. The van der Waals surface area contributed by atoms with Crippen molar-refractivity contribution in [1.82, 2.24) is 10.6 Å². The van der Waals surface area contributed by atoms with Crippen LogP contribution in [0.15, 0.2) is 24.3 Å². The molecule has 0 aliphatic rings. The van der Waals surface area contributed by atoms with Crippen molar-refractivity contribution >= 4 is 24.1 Å². The number of likely N-dealkylation sites (N-methyl/N-ethyl adjacent to an activating group) is 1. The lowest BCUT2D eigenvalue weighted by Crippen LogP contribution is -2.30. The number of aryl methyl sites for hydroxylation is 1. The highest BCUT2D eigenvalue weighted by Crippen LogP contribution is 2.07. The van der Waals surface area contributed by atoms with Gasteiger partial charge in [0, 0.05) is 31.5 Å². The molecule has 1 amide bonds. The minimum atomic E-state index is -0.0780. The molecule has 0 radical (unpaired) electrons. The molecule has 0 spiro atoms. The summed E-state index contributed by atoms with van der Waals surface area (Å²) in [4.78, 5) is 23.2. The first kappa shape index (κ1) is 17.6. The van der Waals surface area contributed by atoms with Gasteiger partial charge in [-0.3, -0.25) is 9.59 Å². The van der Waals surface area contributed by atoms with Gasteiger partial charge in [0.15, 0.2) is 5.78 Å². The van der Waals surface area contributed by atoms with E-state index in [4.69, 9.17) is 0 Å². The molecule has 0 heterocycles. The molecule has 2 N–H and O–H groups in total. The second kappa shape index (κ2) is 9.53. The number of amides is 1. The fraction of sp³-hybridized carbons (Fsp3) is 0.429. The molecule has 0 bridgehead atoms. The molecule has 1 aromatic rings. The molecular formula is C14H21ClN2O2.